The van der Waals surface area contributed by atoms with Crippen molar-refractivity contribution in [2.75, 3.05) is 52.9 Å². The molecule has 4 aliphatic heterocycles. The number of hydrogen-bond donors (Lipinski definition) is 14. The molecule has 4 fully saturated rings. The van der Waals surface area contributed by atoms with Gasteiger partial charge in [-0.2, -0.15) is 0 Å². The van der Waals surface area contributed by atoms with Crippen molar-refractivity contribution in [2.45, 2.75) is 96.4 Å². The van der Waals surface area contributed by atoms with E-state index in [2.05, 4.69) is 0 Å². The van der Waals surface area contributed by atoms with Crippen LogP contribution in [0.2, 0.25) is 0 Å². The van der Waals surface area contributed by atoms with Gasteiger partial charge in [0.2, 0.25) is 23.1 Å². The maximum atomic E-state index is 10.9. The van der Waals surface area contributed by atoms with E-state index >= 15 is 0 Å². The van der Waals surface area contributed by atoms with E-state index in [1.54, 1.807) is 0 Å². The standard InChI is InChI=1S/C24H42O21/c25-1-9-13(30)18(35)23(7-29,43-9)41-8-24(20(37)14(31)10(2-26)44-24)40-4-12-16(33)19(36)22(6-28,45-12)39-3-11-15(32)17(34)21(38,5-27)42-11/h9-20,25-38H,1-8H2/t9-,10-,11-,12-,13-,14-,15-,16-,17+,18+,19+,20+,21-,22-,23-,24-/m1/s1. The highest BCUT2D eigenvalue weighted by molar-refractivity contribution is 5.02. The monoisotopic (exact) mass is 666 g/mol. The normalized spacial score (nSPS) is 51.9. The third-order valence-corrected chi connectivity index (χ3v) is 8.57. The Hall–Kier alpha value is -0.840. The Balaban J connectivity index is 1.48. The van der Waals surface area contributed by atoms with Crippen LogP contribution in [0.1, 0.15) is 0 Å². The van der Waals surface area contributed by atoms with E-state index in [1.165, 1.54) is 0 Å². The first-order chi connectivity index (χ1) is 21.1. The van der Waals surface area contributed by atoms with Crippen molar-refractivity contribution in [3.63, 3.8) is 0 Å². The first kappa shape index (κ1) is 37.0. The average Bonchev–Trinajstić information content (AvgIpc) is 3.63. The largest absolute Gasteiger partial charge is 0.394 e. The van der Waals surface area contributed by atoms with Crippen LogP contribution in [0.5, 0.6) is 0 Å². The molecule has 0 aromatic rings. The Morgan fingerprint density at radius 2 is 0.822 bits per heavy atom. The minimum Gasteiger partial charge on any atom is -0.394 e. The number of ether oxygens (including phenoxy) is 7. The number of hydrogen-bond acceptors (Lipinski definition) is 21. The van der Waals surface area contributed by atoms with Crippen LogP contribution < -0.4 is 0 Å². The zero-order valence-corrected chi connectivity index (χ0v) is 23.7. The molecule has 0 amide bonds. The van der Waals surface area contributed by atoms with Gasteiger partial charge in [-0.1, -0.05) is 0 Å². The highest BCUT2D eigenvalue weighted by Gasteiger charge is 2.62. The van der Waals surface area contributed by atoms with E-state index in [-0.39, 0.29) is 0 Å². The molecule has 0 bridgehead atoms. The molecule has 4 heterocycles. The van der Waals surface area contributed by atoms with Gasteiger partial charge >= 0.3 is 0 Å². The minimum atomic E-state index is -2.54. The average molecular weight is 667 g/mol. The van der Waals surface area contributed by atoms with Gasteiger partial charge in [0.05, 0.1) is 33.0 Å². The van der Waals surface area contributed by atoms with Crippen molar-refractivity contribution < 1.29 is 105 Å². The van der Waals surface area contributed by atoms with Gasteiger partial charge < -0.3 is 105 Å². The highest BCUT2D eigenvalue weighted by Crippen LogP contribution is 2.40. The first-order valence-electron chi connectivity index (χ1n) is 14.0. The lowest BCUT2D eigenvalue weighted by Crippen LogP contribution is -2.56. The fourth-order valence-electron chi connectivity index (χ4n) is 5.68. The predicted octanol–water partition coefficient (Wildman–Crippen LogP) is -9.74. The third kappa shape index (κ3) is 6.37. The van der Waals surface area contributed by atoms with E-state index in [0.717, 1.165) is 0 Å². The second-order valence-electron chi connectivity index (χ2n) is 11.4. The lowest BCUT2D eigenvalue weighted by atomic mass is 10.0. The van der Waals surface area contributed by atoms with Crippen molar-refractivity contribution >= 4 is 0 Å². The fraction of sp³-hybridized carbons (Fsp3) is 1.00. The Labute approximate surface area is 254 Å². The molecule has 264 valence electrons. The molecule has 21 nitrogen and oxygen atoms in total. The molecule has 0 saturated carbocycles. The minimum absolute atomic E-state index is 0.755. The zero-order chi connectivity index (χ0) is 33.5. The zero-order valence-electron chi connectivity index (χ0n) is 23.7. The molecule has 0 spiro atoms. The van der Waals surface area contributed by atoms with Crippen LogP contribution >= 0.6 is 0 Å². The van der Waals surface area contributed by atoms with Crippen molar-refractivity contribution in [3.8, 4) is 0 Å². The molecular formula is C24H42O21. The van der Waals surface area contributed by atoms with Gasteiger partial charge in [0.1, 0.15) is 93.1 Å². The van der Waals surface area contributed by atoms with Gasteiger partial charge in [-0.3, -0.25) is 0 Å². The lowest BCUT2D eigenvalue weighted by Gasteiger charge is -2.37. The first-order valence-corrected chi connectivity index (χ1v) is 14.0. The van der Waals surface area contributed by atoms with Gasteiger partial charge in [-0.15, -0.1) is 0 Å². The summed E-state index contributed by atoms with van der Waals surface area (Å²) in [5.74, 6) is -9.78. The highest BCUT2D eigenvalue weighted by atomic mass is 16.8. The van der Waals surface area contributed by atoms with Crippen LogP contribution in [0, 0.1) is 0 Å². The van der Waals surface area contributed by atoms with E-state index in [1.807, 2.05) is 0 Å². The molecule has 4 aliphatic rings. The van der Waals surface area contributed by atoms with Gasteiger partial charge in [-0.05, 0) is 0 Å². The van der Waals surface area contributed by atoms with Gasteiger partial charge in [0.15, 0.2) is 0 Å². The molecular weight excluding hydrogens is 624 g/mol. The molecule has 21 heteroatoms. The molecule has 0 aromatic heterocycles. The van der Waals surface area contributed by atoms with Crippen LogP contribution in [0.3, 0.4) is 0 Å². The van der Waals surface area contributed by atoms with Crippen LogP contribution in [0.4, 0.5) is 0 Å². The molecule has 14 N–H and O–H groups in total. The molecule has 0 radical (unpaired) electrons. The van der Waals surface area contributed by atoms with Crippen molar-refractivity contribution in [1.82, 2.24) is 0 Å². The summed E-state index contributed by atoms with van der Waals surface area (Å²) in [5, 5.41) is 142. The Kier molecular flexibility index (Phi) is 11.5. The molecule has 4 rings (SSSR count). The second-order valence-corrected chi connectivity index (χ2v) is 11.4. The quantitative estimate of drug-likeness (QED) is 0.0818. The summed E-state index contributed by atoms with van der Waals surface area (Å²) in [6.07, 6.45) is -21.0. The van der Waals surface area contributed by atoms with Gasteiger partial charge in [-0.25, -0.2) is 0 Å². The van der Waals surface area contributed by atoms with Gasteiger partial charge in [0.25, 0.3) is 0 Å². The van der Waals surface area contributed by atoms with Crippen LogP contribution in [-0.2, 0) is 33.2 Å². The van der Waals surface area contributed by atoms with Crippen LogP contribution in [-0.4, -0.2) is 221 Å². The molecule has 4 saturated heterocycles. The number of aliphatic hydroxyl groups is 14. The topological polar surface area (TPSA) is 348 Å². The van der Waals surface area contributed by atoms with E-state index in [4.69, 9.17) is 33.2 Å². The summed E-state index contributed by atoms with van der Waals surface area (Å²) in [5.41, 5.74) is 0. The smallest absolute Gasteiger partial charge is 0.222 e. The SMILES string of the molecule is OC[C@H]1O[C@@](CO)(OC[C@@]2(OC[C@H]3O[C@@](CO)(OC[C@H]4O[C@](O)(CO)[C@@H](O)[C@@H]4O)[C@@H](O)[C@@H]3O)O[C@H](CO)[C@@H](O)[C@@H]2O)[C@@H](O)[C@@H]1O. The molecule has 45 heavy (non-hydrogen) atoms. The van der Waals surface area contributed by atoms with Crippen LogP contribution in [0.25, 0.3) is 0 Å². The second kappa shape index (κ2) is 13.9. The van der Waals surface area contributed by atoms with Crippen molar-refractivity contribution in [2.24, 2.45) is 0 Å². The van der Waals surface area contributed by atoms with E-state index in [9.17, 15) is 71.5 Å². The Morgan fingerprint density at radius 3 is 1.27 bits per heavy atom. The summed E-state index contributed by atoms with van der Waals surface area (Å²) >= 11 is 0. The third-order valence-electron chi connectivity index (χ3n) is 8.57. The maximum Gasteiger partial charge on any atom is 0.222 e. The predicted molar refractivity (Wildman–Crippen MR) is 134 cm³/mol. The van der Waals surface area contributed by atoms with Gasteiger partial charge in [0, 0.05) is 0 Å². The summed E-state index contributed by atoms with van der Waals surface area (Å²) in [6, 6.07) is 0. The fourth-order valence-corrected chi connectivity index (χ4v) is 5.68. The maximum absolute atomic E-state index is 10.9. The molecule has 16 atom stereocenters. The summed E-state index contributed by atoms with van der Waals surface area (Å²) in [4.78, 5) is 0. The molecule has 0 aromatic carbocycles. The summed E-state index contributed by atoms with van der Waals surface area (Å²) in [7, 11) is 0. The number of rotatable bonds is 14. The van der Waals surface area contributed by atoms with E-state index < -0.39 is 149 Å². The molecule has 0 aliphatic carbocycles. The summed E-state index contributed by atoms with van der Waals surface area (Å²) in [6.45, 7) is -7.47. The summed E-state index contributed by atoms with van der Waals surface area (Å²) < 4.78 is 38.0. The Bertz CT molecular complexity index is 979. The Morgan fingerprint density at radius 1 is 0.444 bits per heavy atom. The number of aliphatic hydroxyl groups excluding tert-OH is 13. The molecule has 0 unspecified atom stereocenters. The lowest BCUT2D eigenvalue weighted by molar-refractivity contribution is -0.346. The van der Waals surface area contributed by atoms with Crippen molar-refractivity contribution in [3.05, 3.63) is 0 Å². The van der Waals surface area contributed by atoms with E-state index in [0.29, 0.717) is 0 Å². The van der Waals surface area contributed by atoms with Crippen molar-refractivity contribution in [1.29, 1.82) is 0 Å². The van der Waals surface area contributed by atoms with Crippen LogP contribution in [0.15, 0.2) is 0 Å².